The highest BCUT2D eigenvalue weighted by Gasteiger charge is 1.68. The van der Waals surface area contributed by atoms with E-state index in [0.29, 0.717) is 0 Å². The minimum atomic E-state index is 0.795. The van der Waals surface area contributed by atoms with Crippen LogP contribution < -0.4 is 0 Å². The minimum absolute atomic E-state index is 0.795. The first-order valence-corrected chi connectivity index (χ1v) is 2.64. The van der Waals surface area contributed by atoms with Crippen molar-refractivity contribution in [3.05, 3.63) is 26.0 Å². The molecule has 0 aromatic rings. The molecule has 0 unspecified atom stereocenters. The second kappa shape index (κ2) is 16.3. The molecule has 0 aliphatic rings. The van der Waals surface area contributed by atoms with Crippen molar-refractivity contribution in [2.24, 2.45) is 0 Å². The van der Waals surface area contributed by atoms with Gasteiger partial charge in [0.25, 0.3) is 0 Å². The van der Waals surface area contributed by atoms with Crippen molar-refractivity contribution in [3.63, 3.8) is 0 Å². The highest BCUT2D eigenvalue weighted by Crippen LogP contribution is 1.76. The molecule has 48 valence electrons. The average molecular weight is 114 g/mol. The van der Waals surface area contributed by atoms with E-state index in [0.717, 1.165) is 13.0 Å². The van der Waals surface area contributed by atoms with Crippen LogP contribution in [0.25, 0.3) is 0 Å². The first-order valence-electron chi connectivity index (χ1n) is 2.64. The zero-order valence-corrected chi connectivity index (χ0v) is 5.52. The maximum atomic E-state index is 4.75. The molecule has 0 atom stereocenters. The molecule has 0 aliphatic heterocycles. The second-order valence-electron chi connectivity index (χ2n) is 1.04. The zero-order valence-electron chi connectivity index (χ0n) is 5.52. The van der Waals surface area contributed by atoms with Crippen molar-refractivity contribution < 1.29 is 4.74 Å². The monoisotopic (exact) mass is 114 g/mol. The van der Waals surface area contributed by atoms with Gasteiger partial charge in [-0.3, -0.25) is 0 Å². The molecule has 0 bridgehead atoms. The Morgan fingerprint density at radius 1 is 1.50 bits per heavy atom. The standard InChI is InChI=1S/C5H10O.C2H4/c1-3-5-6-4-2;1-2/h4H,2-3,5H2,1H3;1-2H2. The Kier molecular flexibility index (Phi) is 20.9. The van der Waals surface area contributed by atoms with Crippen LogP contribution in [0.4, 0.5) is 0 Å². The lowest BCUT2D eigenvalue weighted by atomic mass is 10.5. The molecule has 0 spiro atoms. The van der Waals surface area contributed by atoms with Gasteiger partial charge in [0, 0.05) is 0 Å². The molecular weight excluding hydrogens is 100 g/mol. The number of hydrogen-bond acceptors (Lipinski definition) is 1. The molecule has 0 radical (unpaired) electrons. The molecule has 0 heterocycles. The molecule has 0 saturated heterocycles. The molecule has 0 saturated carbocycles. The fraction of sp³-hybridized carbons (Fsp3) is 0.429. The van der Waals surface area contributed by atoms with Gasteiger partial charge >= 0.3 is 0 Å². The Balaban J connectivity index is 0. The fourth-order valence-electron chi connectivity index (χ4n) is 0.201. The van der Waals surface area contributed by atoms with E-state index in [1.807, 2.05) is 0 Å². The lowest BCUT2D eigenvalue weighted by molar-refractivity contribution is 0.251. The van der Waals surface area contributed by atoms with E-state index >= 15 is 0 Å². The van der Waals surface area contributed by atoms with Crippen LogP contribution in [0.15, 0.2) is 26.0 Å². The molecule has 0 rings (SSSR count). The summed E-state index contributed by atoms with van der Waals surface area (Å²) >= 11 is 0. The van der Waals surface area contributed by atoms with E-state index in [4.69, 9.17) is 4.74 Å². The van der Waals surface area contributed by atoms with E-state index in [9.17, 15) is 0 Å². The Labute approximate surface area is 51.7 Å². The Morgan fingerprint density at radius 2 is 2.00 bits per heavy atom. The van der Waals surface area contributed by atoms with Crippen LogP contribution >= 0.6 is 0 Å². The second-order valence-corrected chi connectivity index (χ2v) is 1.04. The first kappa shape index (κ1) is 10.3. The Morgan fingerprint density at radius 3 is 2.12 bits per heavy atom. The van der Waals surface area contributed by atoms with Gasteiger partial charge < -0.3 is 4.74 Å². The van der Waals surface area contributed by atoms with Crippen molar-refractivity contribution in [1.29, 1.82) is 0 Å². The summed E-state index contributed by atoms with van der Waals surface area (Å²) in [6.07, 6.45) is 2.52. The third-order valence-corrected chi connectivity index (χ3v) is 0.440. The van der Waals surface area contributed by atoms with Gasteiger partial charge in [0.15, 0.2) is 0 Å². The molecule has 0 N–H and O–H groups in total. The van der Waals surface area contributed by atoms with Gasteiger partial charge in [-0.15, -0.1) is 13.2 Å². The third-order valence-electron chi connectivity index (χ3n) is 0.440. The summed E-state index contributed by atoms with van der Waals surface area (Å²) in [7, 11) is 0. The largest absolute Gasteiger partial charge is 0.502 e. The van der Waals surface area contributed by atoms with Crippen molar-refractivity contribution in [3.8, 4) is 0 Å². The molecule has 1 heteroatoms. The average Bonchev–Trinajstić information content (AvgIpc) is 1.88. The lowest BCUT2D eigenvalue weighted by Crippen LogP contribution is -1.79. The maximum Gasteiger partial charge on any atom is 0.0870 e. The summed E-state index contributed by atoms with van der Waals surface area (Å²) < 4.78 is 4.75. The summed E-state index contributed by atoms with van der Waals surface area (Å²) in [5, 5.41) is 0. The normalized spacial score (nSPS) is 6.12. The van der Waals surface area contributed by atoms with Crippen molar-refractivity contribution in [2.75, 3.05) is 6.61 Å². The molecule has 8 heavy (non-hydrogen) atoms. The highest BCUT2D eigenvalue weighted by molar-refractivity contribution is 4.46. The summed E-state index contributed by atoms with van der Waals surface area (Å²) in [6, 6.07) is 0. The van der Waals surface area contributed by atoms with Gasteiger partial charge in [-0.05, 0) is 6.42 Å². The lowest BCUT2D eigenvalue weighted by Gasteiger charge is -1.90. The third kappa shape index (κ3) is 18.6. The van der Waals surface area contributed by atoms with Gasteiger partial charge in [-0.2, -0.15) is 0 Å². The van der Waals surface area contributed by atoms with Gasteiger partial charge in [0.2, 0.25) is 0 Å². The smallest absolute Gasteiger partial charge is 0.0870 e. The van der Waals surface area contributed by atoms with Crippen LogP contribution in [-0.4, -0.2) is 6.61 Å². The zero-order chi connectivity index (χ0) is 6.83. The minimum Gasteiger partial charge on any atom is -0.502 e. The summed E-state index contributed by atoms with van der Waals surface area (Å²) in [5.74, 6) is 0. The van der Waals surface area contributed by atoms with Gasteiger partial charge in [-0.25, -0.2) is 0 Å². The van der Waals surface area contributed by atoms with Crippen LogP contribution in [0.3, 0.4) is 0 Å². The molecule has 0 aromatic heterocycles. The topological polar surface area (TPSA) is 9.23 Å². The van der Waals surface area contributed by atoms with E-state index in [1.54, 1.807) is 0 Å². The van der Waals surface area contributed by atoms with E-state index < -0.39 is 0 Å². The summed E-state index contributed by atoms with van der Waals surface area (Å²) in [4.78, 5) is 0. The molecule has 0 amide bonds. The Bertz CT molecular complexity index is 41.7. The van der Waals surface area contributed by atoms with E-state index in [-0.39, 0.29) is 0 Å². The predicted octanol–water partition coefficient (Wildman–Crippen LogP) is 2.36. The van der Waals surface area contributed by atoms with E-state index in [2.05, 4.69) is 26.7 Å². The molecular formula is C7H14O. The molecule has 0 fully saturated rings. The van der Waals surface area contributed by atoms with Gasteiger partial charge in [-0.1, -0.05) is 13.5 Å². The predicted molar refractivity (Wildman–Crippen MR) is 37.7 cm³/mol. The van der Waals surface area contributed by atoms with Crippen LogP contribution in [0, 0.1) is 0 Å². The van der Waals surface area contributed by atoms with Crippen LogP contribution in [0.5, 0.6) is 0 Å². The first-order chi connectivity index (χ1) is 3.91. The maximum absolute atomic E-state index is 4.75. The number of rotatable bonds is 3. The molecule has 0 aromatic carbocycles. The molecule has 1 nitrogen and oxygen atoms in total. The highest BCUT2D eigenvalue weighted by atomic mass is 16.5. The van der Waals surface area contributed by atoms with Crippen molar-refractivity contribution >= 4 is 0 Å². The van der Waals surface area contributed by atoms with Gasteiger partial charge in [0.05, 0.1) is 12.9 Å². The summed E-state index contributed by atoms with van der Waals surface area (Å²) in [6.45, 7) is 12.2. The SMILES string of the molecule is C=C.C=COCCC. The number of ether oxygens (including phenoxy) is 1. The molecule has 0 aliphatic carbocycles. The van der Waals surface area contributed by atoms with E-state index in [1.165, 1.54) is 6.26 Å². The van der Waals surface area contributed by atoms with Crippen molar-refractivity contribution in [2.45, 2.75) is 13.3 Å². The number of hydrogen-bond donors (Lipinski definition) is 0. The van der Waals surface area contributed by atoms with Gasteiger partial charge in [0.1, 0.15) is 0 Å². The quantitative estimate of drug-likeness (QED) is 0.311. The fourth-order valence-corrected chi connectivity index (χ4v) is 0.201. The van der Waals surface area contributed by atoms with Crippen LogP contribution in [0.2, 0.25) is 0 Å². The Hall–Kier alpha value is -0.720. The van der Waals surface area contributed by atoms with Crippen LogP contribution in [0.1, 0.15) is 13.3 Å². The van der Waals surface area contributed by atoms with Crippen molar-refractivity contribution in [1.82, 2.24) is 0 Å². The van der Waals surface area contributed by atoms with Crippen LogP contribution in [-0.2, 0) is 4.74 Å². The summed E-state index contributed by atoms with van der Waals surface area (Å²) in [5.41, 5.74) is 0.